The smallest absolute Gasteiger partial charge is 0.251 e. The van der Waals surface area contributed by atoms with Gasteiger partial charge in [-0.05, 0) is 54.5 Å². The number of carbonyl (C=O) groups is 2. The van der Waals surface area contributed by atoms with Crippen LogP contribution in [0.25, 0.3) is 0 Å². The maximum absolute atomic E-state index is 12.6. The van der Waals surface area contributed by atoms with E-state index in [0.29, 0.717) is 23.4 Å². The molecular weight excluding hydrogens is 430 g/mol. The summed E-state index contributed by atoms with van der Waals surface area (Å²) in [5, 5.41) is 15.0. The molecule has 2 aromatic rings. The number of hydrogen-bond acceptors (Lipinski definition) is 5. The van der Waals surface area contributed by atoms with Crippen LogP contribution in [0.4, 0.5) is 5.69 Å². The third-order valence-corrected chi connectivity index (χ3v) is 6.19. The summed E-state index contributed by atoms with van der Waals surface area (Å²) in [6, 6.07) is 10.6. The first-order valence-electron chi connectivity index (χ1n) is 11.3. The van der Waals surface area contributed by atoms with Gasteiger partial charge in [-0.25, -0.2) is 4.58 Å². The number of aromatic carboxylic acids is 1. The van der Waals surface area contributed by atoms with E-state index < -0.39 is 11.9 Å². The standard InChI is InChI=1S/C27H29N3O4/c1-6-28-26(31)16-7-10-19(27(32)33)20(13-16)25-21-14-17(29(2)3)8-11-23(21)34-24-12-9-18(30(4)5)15-22(24)25/h7-15,23,25H,6H2,1-5H3,(H-,28,31,32,33). The summed E-state index contributed by atoms with van der Waals surface area (Å²) in [7, 11) is 7.81. The van der Waals surface area contributed by atoms with E-state index in [1.54, 1.807) is 6.07 Å². The highest BCUT2D eigenvalue weighted by atomic mass is 16.5. The fourth-order valence-corrected chi connectivity index (χ4v) is 4.43. The van der Waals surface area contributed by atoms with E-state index in [1.807, 2.05) is 81.0 Å². The van der Waals surface area contributed by atoms with Crippen molar-refractivity contribution < 1.29 is 24.0 Å². The van der Waals surface area contributed by atoms with E-state index >= 15 is 0 Å². The van der Waals surface area contributed by atoms with E-state index in [9.17, 15) is 14.7 Å². The maximum atomic E-state index is 12.6. The van der Waals surface area contributed by atoms with Gasteiger partial charge in [0.1, 0.15) is 25.9 Å². The van der Waals surface area contributed by atoms with Gasteiger partial charge in [0.05, 0.1) is 5.97 Å². The van der Waals surface area contributed by atoms with Gasteiger partial charge in [-0.15, -0.1) is 0 Å². The Morgan fingerprint density at radius 2 is 1.88 bits per heavy atom. The molecule has 176 valence electrons. The highest BCUT2D eigenvalue weighted by molar-refractivity contribution is 6.03. The fraction of sp³-hybridized carbons (Fsp3) is 0.296. The molecule has 0 radical (unpaired) electrons. The van der Waals surface area contributed by atoms with Crippen LogP contribution in [0.5, 0.6) is 5.75 Å². The average molecular weight is 460 g/mol. The van der Waals surface area contributed by atoms with Gasteiger partial charge in [0.15, 0.2) is 5.71 Å². The second kappa shape index (κ2) is 9.17. The summed E-state index contributed by atoms with van der Waals surface area (Å²) in [6.45, 7) is 2.32. The van der Waals surface area contributed by atoms with E-state index in [1.165, 1.54) is 12.1 Å². The first-order chi connectivity index (χ1) is 16.2. The second-order valence-corrected chi connectivity index (χ2v) is 8.86. The minimum atomic E-state index is -1.28. The van der Waals surface area contributed by atoms with Gasteiger partial charge in [-0.2, -0.15) is 0 Å². The second-order valence-electron chi connectivity index (χ2n) is 8.86. The summed E-state index contributed by atoms with van der Waals surface area (Å²) in [4.78, 5) is 26.8. The van der Waals surface area contributed by atoms with Crippen LogP contribution in [0.3, 0.4) is 0 Å². The molecule has 1 N–H and O–H groups in total. The molecule has 0 saturated carbocycles. The monoisotopic (exact) mass is 459 g/mol. The van der Waals surface area contributed by atoms with E-state index in [2.05, 4.69) is 5.32 Å². The van der Waals surface area contributed by atoms with Gasteiger partial charge in [0.2, 0.25) is 0 Å². The molecule has 7 heteroatoms. The van der Waals surface area contributed by atoms with E-state index in [-0.39, 0.29) is 17.6 Å². The summed E-state index contributed by atoms with van der Waals surface area (Å²) in [5.74, 6) is -1.29. The Morgan fingerprint density at radius 3 is 2.53 bits per heavy atom. The van der Waals surface area contributed by atoms with Crippen LogP contribution in [-0.2, 0) is 0 Å². The molecule has 2 aromatic carbocycles. The number of allylic oxidation sites excluding steroid dienone is 2. The summed E-state index contributed by atoms with van der Waals surface area (Å²) in [5.41, 5.74) is 4.66. The summed E-state index contributed by atoms with van der Waals surface area (Å²) >= 11 is 0. The third kappa shape index (κ3) is 4.21. The van der Waals surface area contributed by atoms with Gasteiger partial charge in [-0.1, -0.05) is 6.07 Å². The molecule has 2 unspecified atom stereocenters. The Morgan fingerprint density at radius 1 is 1.12 bits per heavy atom. The first-order valence-corrected chi connectivity index (χ1v) is 11.3. The third-order valence-electron chi connectivity index (χ3n) is 6.19. The molecule has 1 aliphatic heterocycles. The summed E-state index contributed by atoms with van der Waals surface area (Å²) < 4.78 is 8.31. The Kier molecular flexibility index (Phi) is 6.28. The van der Waals surface area contributed by atoms with Crippen LogP contribution in [-0.4, -0.2) is 63.0 Å². The minimum absolute atomic E-state index is 0.0572. The molecule has 0 aromatic heterocycles. The van der Waals surface area contributed by atoms with Crippen LogP contribution in [0.15, 0.2) is 60.2 Å². The zero-order valence-corrected chi connectivity index (χ0v) is 20.1. The average Bonchev–Trinajstić information content (AvgIpc) is 2.81. The zero-order chi connectivity index (χ0) is 24.6. The quantitative estimate of drug-likeness (QED) is 0.691. The van der Waals surface area contributed by atoms with Gasteiger partial charge in [0.25, 0.3) is 5.91 Å². The molecule has 7 nitrogen and oxygen atoms in total. The van der Waals surface area contributed by atoms with Crippen molar-refractivity contribution in [3.63, 3.8) is 0 Å². The Hall–Kier alpha value is -3.87. The Balaban J connectivity index is 2.01. The van der Waals surface area contributed by atoms with Gasteiger partial charge < -0.3 is 24.9 Å². The van der Waals surface area contributed by atoms with Crippen molar-refractivity contribution in [3.05, 3.63) is 82.5 Å². The van der Waals surface area contributed by atoms with Gasteiger partial charge >= 0.3 is 0 Å². The number of carboxylic acid groups (broad SMARTS) is 1. The van der Waals surface area contributed by atoms with Crippen molar-refractivity contribution in [2.45, 2.75) is 18.9 Å². The molecule has 1 aliphatic carbocycles. The number of carbonyl (C=O) groups excluding carboxylic acids is 2. The molecule has 2 aliphatic rings. The zero-order valence-electron chi connectivity index (χ0n) is 20.1. The molecule has 1 heterocycles. The highest BCUT2D eigenvalue weighted by Crippen LogP contribution is 2.47. The fourth-order valence-electron chi connectivity index (χ4n) is 4.43. The highest BCUT2D eigenvalue weighted by Gasteiger charge is 2.37. The molecule has 0 fully saturated rings. The lowest BCUT2D eigenvalue weighted by molar-refractivity contribution is -0.462. The van der Waals surface area contributed by atoms with Crippen LogP contribution < -0.4 is 20.1 Å². The normalized spacial score (nSPS) is 18.3. The lowest BCUT2D eigenvalue weighted by Gasteiger charge is -2.36. The Labute approximate surface area is 199 Å². The van der Waals surface area contributed by atoms with Crippen LogP contribution in [0.2, 0.25) is 0 Å². The number of anilines is 1. The van der Waals surface area contributed by atoms with Crippen molar-refractivity contribution in [2.75, 3.05) is 39.6 Å². The van der Waals surface area contributed by atoms with Crippen molar-refractivity contribution in [1.29, 1.82) is 0 Å². The van der Waals surface area contributed by atoms with Crippen molar-refractivity contribution >= 4 is 23.3 Å². The number of nitrogens with one attached hydrogen (secondary N) is 1. The topological polar surface area (TPSA) is 84.7 Å². The molecule has 1 amide bonds. The van der Waals surface area contributed by atoms with Crippen LogP contribution >= 0.6 is 0 Å². The van der Waals surface area contributed by atoms with E-state index in [4.69, 9.17) is 4.74 Å². The number of rotatable bonds is 5. The predicted molar refractivity (Wildman–Crippen MR) is 130 cm³/mol. The largest absolute Gasteiger partial charge is 0.545 e. The number of hydrogen-bond donors (Lipinski definition) is 1. The van der Waals surface area contributed by atoms with Gasteiger partial charge in [0, 0.05) is 61.1 Å². The molecule has 0 saturated heterocycles. The predicted octanol–water partition coefficient (Wildman–Crippen LogP) is 1.97. The molecule has 4 rings (SSSR count). The van der Waals surface area contributed by atoms with Crippen LogP contribution in [0, 0.1) is 0 Å². The van der Waals surface area contributed by atoms with Crippen molar-refractivity contribution in [1.82, 2.24) is 5.32 Å². The molecular formula is C27H29N3O4. The van der Waals surface area contributed by atoms with E-state index in [0.717, 1.165) is 22.5 Å². The Bertz CT molecular complexity index is 1250. The number of carboxylic acids is 1. The van der Waals surface area contributed by atoms with Crippen LogP contribution in [0.1, 0.15) is 44.7 Å². The van der Waals surface area contributed by atoms with Crippen molar-refractivity contribution in [2.24, 2.45) is 0 Å². The minimum Gasteiger partial charge on any atom is -0.545 e. The SMILES string of the molecule is CCNC(=O)c1ccc(C(=O)[O-])c(C2C3=CC(=[N+](C)C)C=CC3Oc3ccc(N(C)C)cc32)c1. The molecule has 2 atom stereocenters. The number of nitrogens with zero attached hydrogens (tertiary/aromatic N) is 2. The lowest BCUT2D eigenvalue weighted by atomic mass is 9.76. The van der Waals surface area contributed by atoms with Crippen molar-refractivity contribution in [3.8, 4) is 5.75 Å². The number of benzene rings is 2. The summed E-state index contributed by atoms with van der Waals surface area (Å²) in [6.07, 6.45) is 5.66. The van der Waals surface area contributed by atoms with Gasteiger partial charge in [-0.3, -0.25) is 4.79 Å². The number of amides is 1. The molecule has 0 spiro atoms. The maximum Gasteiger partial charge on any atom is 0.251 e. The number of fused-ring (bicyclic) bond motifs is 2. The molecule has 34 heavy (non-hydrogen) atoms. The molecule has 0 bridgehead atoms. The first kappa shape index (κ1) is 23.3. The number of ether oxygens (including phenoxy) is 1. The lowest BCUT2D eigenvalue weighted by Crippen LogP contribution is -2.33.